The van der Waals surface area contributed by atoms with Gasteiger partial charge in [0.25, 0.3) is 5.69 Å². The highest BCUT2D eigenvalue weighted by molar-refractivity contribution is 5.78. The molecule has 126 valence electrons. The van der Waals surface area contributed by atoms with E-state index < -0.39 is 16.6 Å². The maximum atomic E-state index is 12.3. The lowest BCUT2D eigenvalue weighted by molar-refractivity contribution is -0.384. The third-order valence-corrected chi connectivity index (χ3v) is 3.62. The number of benzene rings is 1. The van der Waals surface area contributed by atoms with Crippen molar-refractivity contribution in [2.75, 3.05) is 11.4 Å². The Hall–Kier alpha value is -2.90. The number of nitrogens with zero attached hydrogens (tertiary/aromatic N) is 4. The molecule has 1 aliphatic rings. The van der Waals surface area contributed by atoms with Crippen LogP contribution < -0.4 is 4.90 Å². The van der Waals surface area contributed by atoms with E-state index in [0.29, 0.717) is 18.9 Å². The molecule has 0 saturated carbocycles. The Balaban J connectivity index is 1.93. The minimum atomic E-state index is -0.609. The molecule has 0 radical (unpaired) electrons. The largest absolute Gasteiger partial charge is 0.443 e. The van der Waals surface area contributed by atoms with Gasteiger partial charge in [-0.15, -0.1) is 0 Å². The summed E-state index contributed by atoms with van der Waals surface area (Å²) in [6.07, 6.45) is 3.22. The van der Waals surface area contributed by atoms with Crippen molar-refractivity contribution in [3.05, 3.63) is 46.3 Å². The summed E-state index contributed by atoms with van der Waals surface area (Å²) in [5, 5.41) is 10.9. The standard InChI is InChI=1S/C16H18N4O4/c1-16(2,3)24-15(21)19-9-7-17-14(19)18-8-6-11-10-12(20(22)23)4-5-13(11)18/h4-5,7,9-10H,6,8H2,1-3H3. The molecule has 2 aromatic rings. The number of imidazole rings is 1. The van der Waals surface area contributed by atoms with Gasteiger partial charge < -0.3 is 9.64 Å². The van der Waals surface area contributed by atoms with Crippen molar-refractivity contribution in [2.45, 2.75) is 32.8 Å². The monoisotopic (exact) mass is 330 g/mol. The Kier molecular flexibility index (Phi) is 3.75. The minimum absolute atomic E-state index is 0.0612. The molecule has 1 aliphatic heterocycles. The van der Waals surface area contributed by atoms with Gasteiger partial charge in [-0.25, -0.2) is 14.3 Å². The number of hydrogen-bond donors (Lipinski definition) is 0. The molecule has 0 aliphatic carbocycles. The van der Waals surface area contributed by atoms with E-state index in [1.54, 1.807) is 39.1 Å². The number of non-ortho nitro benzene ring substituents is 1. The number of ether oxygens (including phenoxy) is 1. The molecule has 8 heteroatoms. The highest BCUT2D eigenvalue weighted by Gasteiger charge is 2.28. The number of anilines is 2. The molecule has 3 rings (SSSR count). The summed E-state index contributed by atoms with van der Waals surface area (Å²) in [5.74, 6) is 0.442. The van der Waals surface area contributed by atoms with Crippen LogP contribution in [0.3, 0.4) is 0 Å². The van der Waals surface area contributed by atoms with E-state index in [-0.39, 0.29) is 5.69 Å². The molecule has 0 atom stereocenters. The van der Waals surface area contributed by atoms with E-state index in [4.69, 9.17) is 4.74 Å². The fourth-order valence-corrected chi connectivity index (χ4v) is 2.66. The van der Waals surface area contributed by atoms with Gasteiger partial charge in [0.2, 0.25) is 5.95 Å². The molecule has 0 unspecified atom stereocenters. The molecule has 0 bridgehead atoms. The average Bonchev–Trinajstić information content (AvgIpc) is 3.10. The molecule has 24 heavy (non-hydrogen) atoms. The Bertz CT molecular complexity index is 807. The van der Waals surface area contributed by atoms with Crippen molar-refractivity contribution in [3.63, 3.8) is 0 Å². The van der Waals surface area contributed by atoms with Gasteiger partial charge in [0, 0.05) is 36.8 Å². The first-order valence-electron chi connectivity index (χ1n) is 7.58. The molecule has 0 amide bonds. The topological polar surface area (TPSA) is 90.5 Å². The fourth-order valence-electron chi connectivity index (χ4n) is 2.66. The summed E-state index contributed by atoms with van der Waals surface area (Å²) in [6.45, 7) is 5.99. The van der Waals surface area contributed by atoms with E-state index in [2.05, 4.69) is 4.98 Å². The maximum absolute atomic E-state index is 12.3. The van der Waals surface area contributed by atoms with Crippen LogP contribution in [-0.2, 0) is 11.2 Å². The molecule has 8 nitrogen and oxygen atoms in total. The fraction of sp³-hybridized carbons (Fsp3) is 0.375. The van der Waals surface area contributed by atoms with Crippen LogP contribution in [0.1, 0.15) is 26.3 Å². The van der Waals surface area contributed by atoms with E-state index in [1.165, 1.54) is 16.8 Å². The van der Waals surface area contributed by atoms with Gasteiger partial charge in [-0.1, -0.05) is 0 Å². The highest BCUT2D eigenvalue weighted by atomic mass is 16.6. The second-order valence-corrected chi connectivity index (χ2v) is 6.55. The van der Waals surface area contributed by atoms with Crippen LogP contribution in [0.5, 0.6) is 0 Å². The molecule has 0 spiro atoms. The second kappa shape index (κ2) is 5.63. The highest BCUT2D eigenvalue weighted by Crippen LogP contribution is 2.35. The van der Waals surface area contributed by atoms with Crippen molar-refractivity contribution in [2.24, 2.45) is 0 Å². The third kappa shape index (κ3) is 2.94. The number of fused-ring (bicyclic) bond motifs is 1. The SMILES string of the molecule is CC(C)(C)OC(=O)n1ccnc1N1CCc2cc([N+](=O)[O-])ccc21. The van der Waals surface area contributed by atoms with E-state index >= 15 is 0 Å². The molecule has 2 heterocycles. The third-order valence-electron chi connectivity index (χ3n) is 3.62. The second-order valence-electron chi connectivity index (χ2n) is 6.55. The summed E-state index contributed by atoms with van der Waals surface area (Å²) in [6, 6.07) is 4.71. The molecular formula is C16H18N4O4. The van der Waals surface area contributed by atoms with Crippen molar-refractivity contribution in [1.29, 1.82) is 0 Å². The van der Waals surface area contributed by atoms with Gasteiger partial charge in [0.05, 0.1) is 4.92 Å². The van der Waals surface area contributed by atoms with E-state index in [1.807, 2.05) is 4.90 Å². The van der Waals surface area contributed by atoms with Gasteiger partial charge in [-0.05, 0) is 38.8 Å². The Morgan fingerprint density at radius 1 is 1.38 bits per heavy atom. The Morgan fingerprint density at radius 3 is 2.79 bits per heavy atom. The molecular weight excluding hydrogens is 312 g/mol. The van der Waals surface area contributed by atoms with Crippen LogP contribution >= 0.6 is 0 Å². The predicted octanol–water partition coefficient (Wildman–Crippen LogP) is 3.27. The molecule has 1 aromatic carbocycles. The molecule has 0 N–H and O–H groups in total. The maximum Gasteiger partial charge on any atom is 0.421 e. The summed E-state index contributed by atoms with van der Waals surface area (Å²) >= 11 is 0. The number of nitro benzene ring substituents is 1. The van der Waals surface area contributed by atoms with Crippen LogP contribution in [0.25, 0.3) is 0 Å². The van der Waals surface area contributed by atoms with Crippen LogP contribution in [0.15, 0.2) is 30.6 Å². The van der Waals surface area contributed by atoms with Gasteiger partial charge in [-0.3, -0.25) is 10.1 Å². The molecule has 0 saturated heterocycles. The number of hydrogen-bond acceptors (Lipinski definition) is 6. The van der Waals surface area contributed by atoms with Gasteiger partial charge in [0.1, 0.15) is 5.60 Å². The summed E-state index contributed by atoms with van der Waals surface area (Å²) < 4.78 is 6.74. The van der Waals surface area contributed by atoms with Crippen LogP contribution in [0.4, 0.5) is 22.1 Å². The van der Waals surface area contributed by atoms with Crippen molar-refractivity contribution in [1.82, 2.24) is 9.55 Å². The zero-order valence-electron chi connectivity index (χ0n) is 13.7. The zero-order valence-corrected chi connectivity index (χ0v) is 13.7. The van der Waals surface area contributed by atoms with Gasteiger partial charge in [-0.2, -0.15) is 0 Å². The van der Waals surface area contributed by atoms with Gasteiger partial charge >= 0.3 is 6.09 Å². The number of carbonyl (C=O) groups excluding carboxylic acids is 1. The van der Waals surface area contributed by atoms with Crippen LogP contribution in [0, 0.1) is 10.1 Å². The Morgan fingerprint density at radius 2 is 2.12 bits per heavy atom. The van der Waals surface area contributed by atoms with Crippen LogP contribution in [-0.4, -0.2) is 32.7 Å². The lowest BCUT2D eigenvalue weighted by Crippen LogP contribution is -2.29. The lowest BCUT2D eigenvalue weighted by atomic mass is 10.1. The first-order chi connectivity index (χ1) is 11.3. The summed E-state index contributed by atoms with van der Waals surface area (Å²) in [4.78, 5) is 29.0. The first kappa shape index (κ1) is 16.0. The molecule has 0 fully saturated rings. The number of rotatable bonds is 2. The normalized spacial score (nSPS) is 13.7. The first-order valence-corrected chi connectivity index (χ1v) is 7.58. The van der Waals surface area contributed by atoms with Crippen molar-refractivity contribution in [3.8, 4) is 0 Å². The van der Waals surface area contributed by atoms with E-state index in [0.717, 1.165) is 11.3 Å². The number of aromatic nitrogens is 2. The smallest absolute Gasteiger partial charge is 0.421 e. The van der Waals surface area contributed by atoms with E-state index in [9.17, 15) is 14.9 Å². The predicted molar refractivity (Wildman–Crippen MR) is 87.7 cm³/mol. The molecule has 1 aromatic heterocycles. The average molecular weight is 330 g/mol. The summed E-state index contributed by atoms with van der Waals surface area (Å²) in [7, 11) is 0. The van der Waals surface area contributed by atoms with Gasteiger partial charge in [0.15, 0.2) is 0 Å². The summed E-state index contributed by atoms with van der Waals surface area (Å²) in [5.41, 5.74) is 1.13. The zero-order chi connectivity index (χ0) is 17.5. The Labute approximate surface area is 138 Å². The minimum Gasteiger partial charge on any atom is -0.443 e. The number of carbonyl (C=O) groups is 1. The lowest BCUT2D eigenvalue weighted by Gasteiger charge is -2.23. The van der Waals surface area contributed by atoms with Crippen molar-refractivity contribution < 1.29 is 14.5 Å². The van der Waals surface area contributed by atoms with Crippen LogP contribution in [0.2, 0.25) is 0 Å². The number of nitro groups is 1. The quantitative estimate of drug-likeness (QED) is 0.620. The van der Waals surface area contributed by atoms with Crippen molar-refractivity contribution >= 4 is 23.4 Å².